The fourth-order valence-corrected chi connectivity index (χ4v) is 5.31. The van der Waals surface area contributed by atoms with Gasteiger partial charge < -0.3 is 35.5 Å². The summed E-state index contributed by atoms with van der Waals surface area (Å²) in [6.07, 6.45) is 4.29. The number of benzene rings is 1. The summed E-state index contributed by atoms with van der Waals surface area (Å²) < 4.78 is 16.5. The smallest absolute Gasteiger partial charge is 0.226 e. The molecule has 1 aliphatic rings. The predicted octanol–water partition coefficient (Wildman–Crippen LogP) is 3.70. The first-order chi connectivity index (χ1) is 18.0. The van der Waals surface area contributed by atoms with Gasteiger partial charge in [-0.1, -0.05) is 33.8 Å². The van der Waals surface area contributed by atoms with E-state index in [-0.39, 0.29) is 30.4 Å². The van der Waals surface area contributed by atoms with Gasteiger partial charge >= 0.3 is 0 Å². The summed E-state index contributed by atoms with van der Waals surface area (Å²) in [7, 11) is 3.31. The van der Waals surface area contributed by atoms with Gasteiger partial charge in [-0.3, -0.25) is 4.79 Å². The van der Waals surface area contributed by atoms with Gasteiger partial charge in [0.25, 0.3) is 0 Å². The molecule has 0 radical (unpaired) electrons. The Kier molecular flexibility index (Phi) is 13.3. The van der Waals surface area contributed by atoms with Crippen molar-refractivity contribution < 1.29 is 29.2 Å². The number of ether oxygens (including phenoxy) is 3. The predicted molar refractivity (Wildman–Crippen MR) is 150 cm³/mol. The van der Waals surface area contributed by atoms with Crippen molar-refractivity contribution in [2.45, 2.75) is 90.9 Å². The van der Waals surface area contributed by atoms with Gasteiger partial charge in [-0.05, 0) is 74.0 Å². The topological polar surface area (TPSA) is 123 Å². The Hall–Kier alpha value is -1.87. The number of nitrogens with two attached hydrogens (primary N) is 1. The molecule has 8 heteroatoms. The molecule has 218 valence electrons. The lowest BCUT2D eigenvalue weighted by Gasteiger charge is -2.37. The minimum absolute atomic E-state index is 0.0678. The van der Waals surface area contributed by atoms with E-state index in [1.807, 2.05) is 32.0 Å². The number of rotatable bonds is 16. The third-order valence-electron chi connectivity index (χ3n) is 8.26. The highest BCUT2D eigenvalue weighted by Gasteiger charge is 2.38. The van der Waals surface area contributed by atoms with Crippen molar-refractivity contribution in [1.82, 2.24) is 5.32 Å². The molecular weight excluding hydrogens is 484 g/mol. The third-order valence-corrected chi connectivity index (χ3v) is 8.26. The van der Waals surface area contributed by atoms with Gasteiger partial charge in [-0.15, -0.1) is 0 Å². The molecule has 8 nitrogen and oxygen atoms in total. The number of nitrogens with one attached hydrogen (secondary N) is 1. The Morgan fingerprint density at radius 2 is 1.82 bits per heavy atom. The Morgan fingerprint density at radius 3 is 2.42 bits per heavy atom. The van der Waals surface area contributed by atoms with Crippen LogP contribution in [0.3, 0.4) is 0 Å². The fourth-order valence-electron chi connectivity index (χ4n) is 5.31. The second-order valence-corrected chi connectivity index (χ2v) is 11.8. The van der Waals surface area contributed by atoms with Crippen molar-refractivity contribution in [3.8, 4) is 11.5 Å². The van der Waals surface area contributed by atoms with Crippen molar-refractivity contribution in [3.63, 3.8) is 0 Å². The molecule has 1 aliphatic carbocycles. The molecule has 0 heterocycles. The lowest BCUT2D eigenvalue weighted by molar-refractivity contribution is -0.134. The lowest BCUT2D eigenvalue weighted by Crippen LogP contribution is -2.49. The molecule has 0 aliphatic heterocycles. The molecule has 5 N–H and O–H groups in total. The van der Waals surface area contributed by atoms with Gasteiger partial charge in [0.1, 0.15) is 0 Å². The van der Waals surface area contributed by atoms with Crippen LogP contribution in [0.2, 0.25) is 0 Å². The Bertz CT molecular complexity index is 838. The molecule has 1 aromatic rings. The van der Waals surface area contributed by atoms with E-state index in [9.17, 15) is 15.0 Å². The van der Waals surface area contributed by atoms with E-state index in [0.717, 1.165) is 44.1 Å². The van der Waals surface area contributed by atoms with Crippen LogP contribution in [0.15, 0.2) is 18.2 Å². The zero-order chi connectivity index (χ0) is 28.3. The third kappa shape index (κ3) is 9.70. The molecule has 1 aromatic carbocycles. The Morgan fingerprint density at radius 1 is 1.13 bits per heavy atom. The first kappa shape index (κ1) is 32.3. The summed E-state index contributed by atoms with van der Waals surface area (Å²) >= 11 is 0. The number of aliphatic hydroxyl groups excluding tert-OH is 2. The van der Waals surface area contributed by atoms with E-state index < -0.39 is 17.6 Å². The number of carbonyl (C=O) groups is 1. The average molecular weight is 537 g/mol. The van der Waals surface area contributed by atoms with E-state index in [1.54, 1.807) is 14.2 Å². The first-order valence-electron chi connectivity index (χ1n) is 14.2. The van der Waals surface area contributed by atoms with E-state index >= 15 is 0 Å². The first-order valence-corrected chi connectivity index (χ1v) is 14.2. The number of hydrogen-bond acceptors (Lipinski definition) is 7. The zero-order valence-electron chi connectivity index (χ0n) is 24.4. The van der Waals surface area contributed by atoms with Crippen LogP contribution < -0.4 is 20.5 Å². The highest BCUT2D eigenvalue weighted by Crippen LogP contribution is 2.38. The van der Waals surface area contributed by atoms with Gasteiger partial charge in [-0.2, -0.15) is 0 Å². The van der Waals surface area contributed by atoms with Crippen molar-refractivity contribution in [1.29, 1.82) is 0 Å². The van der Waals surface area contributed by atoms with Crippen LogP contribution >= 0.6 is 0 Å². The van der Waals surface area contributed by atoms with E-state index in [0.29, 0.717) is 37.1 Å². The minimum Gasteiger partial charge on any atom is -0.493 e. The van der Waals surface area contributed by atoms with E-state index in [2.05, 4.69) is 19.2 Å². The molecule has 0 spiro atoms. The molecule has 38 heavy (non-hydrogen) atoms. The summed E-state index contributed by atoms with van der Waals surface area (Å²) in [5, 5.41) is 23.5. The summed E-state index contributed by atoms with van der Waals surface area (Å²) in [6.45, 7) is 9.56. The second-order valence-electron chi connectivity index (χ2n) is 11.8. The highest BCUT2D eigenvalue weighted by atomic mass is 16.5. The average Bonchev–Trinajstić information content (AvgIpc) is 2.89. The summed E-state index contributed by atoms with van der Waals surface area (Å²) in [5.74, 6) is 2.17. The van der Waals surface area contributed by atoms with Crippen molar-refractivity contribution in [2.75, 3.05) is 34.0 Å². The van der Waals surface area contributed by atoms with Crippen LogP contribution in [0.25, 0.3) is 0 Å². The molecule has 0 aromatic heterocycles. The van der Waals surface area contributed by atoms with Crippen LogP contribution in [0.4, 0.5) is 0 Å². The van der Waals surface area contributed by atoms with Crippen LogP contribution in [0.1, 0.15) is 71.8 Å². The van der Waals surface area contributed by atoms with Crippen LogP contribution in [-0.2, 0) is 16.0 Å². The number of amides is 1. The van der Waals surface area contributed by atoms with Crippen molar-refractivity contribution in [3.05, 3.63) is 23.8 Å². The number of hydrogen-bond donors (Lipinski definition) is 4. The quantitative estimate of drug-likeness (QED) is 0.238. The molecule has 1 saturated carbocycles. The highest BCUT2D eigenvalue weighted by molar-refractivity contribution is 5.82. The van der Waals surface area contributed by atoms with Crippen LogP contribution in [0.5, 0.6) is 11.5 Å². The summed E-state index contributed by atoms with van der Waals surface area (Å²) in [5.41, 5.74) is 7.02. The molecule has 2 rings (SSSR count). The number of methoxy groups -OCH3 is 2. The molecule has 0 unspecified atom stereocenters. The van der Waals surface area contributed by atoms with E-state index in [1.165, 1.54) is 0 Å². The lowest BCUT2D eigenvalue weighted by atomic mass is 9.70. The monoisotopic (exact) mass is 536 g/mol. The standard InChI is InChI=1S/C30H52N2O6/c1-20(2)22(16-21-8-13-27(37-6)28(17-21)38-15-7-14-36-5)18-25(31)26(34)19-32-29(35)30(3,4)23-9-11-24(33)12-10-23/h8,13,17,20,22-26,33-34H,7,9-12,14-16,18-19,31H2,1-6H3,(H,32,35)/t22-,23?,24?,25-,26-/m0/s1. The second kappa shape index (κ2) is 15.7. The normalized spacial score (nSPS) is 20.6. The summed E-state index contributed by atoms with van der Waals surface area (Å²) in [4.78, 5) is 13.0. The minimum atomic E-state index is -0.834. The van der Waals surface area contributed by atoms with Gasteiger partial charge in [0.05, 0.1) is 25.9 Å². The van der Waals surface area contributed by atoms with Crippen molar-refractivity contribution >= 4 is 5.91 Å². The van der Waals surface area contributed by atoms with Gasteiger partial charge in [-0.25, -0.2) is 0 Å². The van der Waals surface area contributed by atoms with Gasteiger partial charge in [0, 0.05) is 38.1 Å². The maximum absolute atomic E-state index is 13.0. The fraction of sp³-hybridized carbons (Fsp3) is 0.767. The molecule has 3 atom stereocenters. The summed E-state index contributed by atoms with van der Waals surface area (Å²) in [6, 6.07) is 5.54. The maximum Gasteiger partial charge on any atom is 0.226 e. The molecular formula is C30H52N2O6. The van der Waals surface area contributed by atoms with Crippen molar-refractivity contribution in [2.24, 2.45) is 28.9 Å². The van der Waals surface area contributed by atoms with Crippen LogP contribution in [0, 0.1) is 23.2 Å². The SMILES string of the molecule is COCCCOc1cc(C[C@@H](C[C@H](N)[C@@H](O)CNC(=O)C(C)(C)C2CCC(O)CC2)C(C)C)ccc1OC. The number of carbonyl (C=O) groups excluding carboxylic acids is 1. The molecule has 1 amide bonds. The van der Waals surface area contributed by atoms with Crippen LogP contribution in [-0.4, -0.2) is 68.3 Å². The largest absolute Gasteiger partial charge is 0.493 e. The zero-order valence-corrected chi connectivity index (χ0v) is 24.4. The molecule has 0 bridgehead atoms. The maximum atomic E-state index is 13.0. The van der Waals surface area contributed by atoms with Gasteiger partial charge in [0.15, 0.2) is 11.5 Å². The van der Waals surface area contributed by atoms with E-state index in [4.69, 9.17) is 19.9 Å². The molecule has 0 saturated heterocycles. The number of aliphatic hydroxyl groups is 2. The molecule has 1 fully saturated rings. The Balaban J connectivity index is 1.93. The Labute approximate surface area is 229 Å². The van der Waals surface area contributed by atoms with Gasteiger partial charge in [0.2, 0.25) is 5.91 Å².